The lowest BCUT2D eigenvalue weighted by Crippen LogP contribution is -2.06. The average molecular weight is 293 g/mol. The zero-order valence-corrected chi connectivity index (χ0v) is 12.6. The number of oxime groups is 1. The van der Waals surface area contributed by atoms with Gasteiger partial charge in [0.1, 0.15) is 5.57 Å². The lowest BCUT2D eigenvalue weighted by Gasteiger charge is -2.10. The van der Waals surface area contributed by atoms with Crippen LogP contribution in [0.15, 0.2) is 35.7 Å². The normalized spacial score (nSPS) is 11.8. The van der Waals surface area contributed by atoms with E-state index in [2.05, 4.69) is 5.16 Å². The summed E-state index contributed by atoms with van der Waals surface area (Å²) in [4.78, 5) is 17.1. The highest BCUT2D eigenvalue weighted by molar-refractivity contribution is 6.16. The molecule has 0 saturated carbocycles. The molecule has 6 heteroatoms. The van der Waals surface area contributed by atoms with Crippen molar-refractivity contribution in [2.75, 3.05) is 20.8 Å². The summed E-state index contributed by atoms with van der Waals surface area (Å²) >= 11 is 0. The van der Waals surface area contributed by atoms with Crippen LogP contribution in [-0.2, 0) is 19.0 Å². The molecule has 0 spiro atoms. The molecular weight excluding hydrogens is 274 g/mol. The van der Waals surface area contributed by atoms with Crippen LogP contribution in [0.2, 0.25) is 0 Å². The highest BCUT2D eigenvalue weighted by Crippen LogP contribution is 2.27. The van der Waals surface area contributed by atoms with E-state index >= 15 is 0 Å². The maximum Gasteiger partial charge on any atom is 0.341 e. The van der Waals surface area contributed by atoms with Crippen molar-refractivity contribution in [1.82, 2.24) is 0 Å². The SMILES string of the molecule is CCO/C(C)=N\Oc1ccccc1/C(=C\OC)C(=O)OC. The Labute approximate surface area is 123 Å². The third-order valence-electron chi connectivity index (χ3n) is 2.44. The summed E-state index contributed by atoms with van der Waals surface area (Å²) in [5.74, 6) is 0.256. The number of rotatable bonds is 6. The van der Waals surface area contributed by atoms with Crippen LogP contribution in [0.1, 0.15) is 19.4 Å². The number of nitrogens with zero attached hydrogens (tertiary/aromatic N) is 1. The fourth-order valence-corrected chi connectivity index (χ4v) is 1.57. The van der Waals surface area contributed by atoms with E-state index in [1.165, 1.54) is 20.5 Å². The van der Waals surface area contributed by atoms with Gasteiger partial charge in [0.2, 0.25) is 5.90 Å². The van der Waals surface area contributed by atoms with Crippen molar-refractivity contribution in [2.24, 2.45) is 5.16 Å². The third-order valence-corrected chi connectivity index (χ3v) is 2.44. The van der Waals surface area contributed by atoms with Gasteiger partial charge in [0.05, 0.1) is 27.1 Å². The first-order chi connectivity index (χ1) is 10.1. The molecule has 0 saturated heterocycles. The second-order valence-corrected chi connectivity index (χ2v) is 3.89. The molecule has 1 rings (SSSR count). The van der Waals surface area contributed by atoms with Crippen LogP contribution >= 0.6 is 0 Å². The molecule has 0 amide bonds. The van der Waals surface area contributed by atoms with Crippen LogP contribution in [0, 0.1) is 0 Å². The van der Waals surface area contributed by atoms with E-state index in [0.717, 1.165) is 0 Å². The van der Waals surface area contributed by atoms with Gasteiger partial charge in [0.15, 0.2) is 5.75 Å². The highest BCUT2D eigenvalue weighted by atomic mass is 16.6. The molecule has 0 aliphatic carbocycles. The predicted molar refractivity (Wildman–Crippen MR) is 78.8 cm³/mol. The van der Waals surface area contributed by atoms with Gasteiger partial charge >= 0.3 is 5.97 Å². The van der Waals surface area contributed by atoms with Gasteiger partial charge in [-0.1, -0.05) is 18.2 Å². The van der Waals surface area contributed by atoms with E-state index in [0.29, 0.717) is 23.8 Å². The molecule has 0 atom stereocenters. The molecule has 0 N–H and O–H groups in total. The van der Waals surface area contributed by atoms with Gasteiger partial charge in [0.25, 0.3) is 0 Å². The zero-order valence-electron chi connectivity index (χ0n) is 12.6. The Morgan fingerprint density at radius 2 is 2.00 bits per heavy atom. The Bertz CT molecular complexity index is 537. The number of hydrogen-bond acceptors (Lipinski definition) is 6. The predicted octanol–water partition coefficient (Wildman–Crippen LogP) is 2.60. The van der Waals surface area contributed by atoms with E-state index in [9.17, 15) is 4.79 Å². The summed E-state index contributed by atoms with van der Waals surface area (Å²) in [5, 5.41) is 3.85. The second kappa shape index (κ2) is 8.63. The topological polar surface area (TPSA) is 66.3 Å². The summed E-state index contributed by atoms with van der Waals surface area (Å²) in [5.41, 5.74) is 0.749. The lowest BCUT2D eigenvalue weighted by atomic mass is 10.1. The van der Waals surface area contributed by atoms with Crippen LogP contribution in [0.5, 0.6) is 5.75 Å². The van der Waals surface area contributed by atoms with Gasteiger partial charge in [-0.3, -0.25) is 0 Å². The molecule has 1 aromatic rings. The molecule has 0 aromatic heterocycles. The average Bonchev–Trinajstić information content (AvgIpc) is 2.50. The number of carbonyl (C=O) groups excluding carboxylic acids is 1. The highest BCUT2D eigenvalue weighted by Gasteiger charge is 2.17. The van der Waals surface area contributed by atoms with Gasteiger partial charge in [-0.2, -0.15) is 0 Å². The van der Waals surface area contributed by atoms with E-state index < -0.39 is 5.97 Å². The Morgan fingerprint density at radius 1 is 1.29 bits per heavy atom. The van der Waals surface area contributed by atoms with E-state index in [1.54, 1.807) is 31.2 Å². The zero-order chi connectivity index (χ0) is 15.7. The van der Waals surface area contributed by atoms with Crippen LogP contribution < -0.4 is 4.84 Å². The molecule has 114 valence electrons. The maximum atomic E-state index is 11.8. The molecule has 21 heavy (non-hydrogen) atoms. The third kappa shape index (κ3) is 4.83. The largest absolute Gasteiger partial charge is 0.503 e. The second-order valence-electron chi connectivity index (χ2n) is 3.89. The smallest absolute Gasteiger partial charge is 0.341 e. The number of ether oxygens (including phenoxy) is 3. The van der Waals surface area contributed by atoms with Crippen molar-refractivity contribution in [1.29, 1.82) is 0 Å². The van der Waals surface area contributed by atoms with Crippen LogP contribution in [0.4, 0.5) is 0 Å². The molecule has 0 heterocycles. The summed E-state index contributed by atoms with van der Waals surface area (Å²) in [7, 11) is 2.75. The molecule has 0 aliphatic heterocycles. The summed E-state index contributed by atoms with van der Waals surface area (Å²) in [6, 6.07) is 6.94. The molecule has 0 radical (unpaired) electrons. The minimum absolute atomic E-state index is 0.236. The first kappa shape index (κ1) is 16.6. The monoisotopic (exact) mass is 293 g/mol. The minimum atomic E-state index is -0.529. The molecule has 0 fully saturated rings. The van der Waals surface area contributed by atoms with Gasteiger partial charge in [-0.25, -0.2) is 4.79 Å². The molecule has 1 aromatic carbocycles. The summed E-state index contributed by atoms with van der Waals surface area (Å²) < 4.78 is 14.8. The summed E-state index contributed by atoms with van der Waals surface area (Å²) in [6.07, 6.45) is 1.30. The Kier molecular flexibility index (Phi) is 6.80. The van der Waals surface area contributed by atoms with Crippen molar-refractivity contribution in [3.63, 3.8) is 0 Å². The van der Waals surface area contributed by atoms with Gasteiger partial charge in [-0.05, 0) is 18.1 Å². The van der Waals surface area contributed by atoms with Crippen LogP contribution in [0.3, 0.4) is 0 Å². The van der Waals surface area contributed by atoms with E-state index in [1.807, 2.05) is 6.92 Å². The Balaban J connectivity index is 3.10. The quantitative estimate of drug-likeness (QED) is 0.201. The first-order valence-corrected chi connectivity index (χ1v) is 6.39. The number of hydrogen-bond donors (Lipinski definition) is 0. The molecule has 0 unspecified atom stereocenters. The van der Waals surface area contributed by atoms with Crippen molar-refractivity contribution < 1.29 is 23.8 Å². The fourth-order valence-electron chi connectivity index (χ4n) is 1.57. The van der Waals surface area contributed by atoms with E-state index in [-0.39, 0.29) is 5.57 Å². The number of esters is 1. The standard InChI is InChI=1S/C15H19NO5/c1-5-20-11(2)16-21-14-9-7-6-8-12(14)13(10-18-3)15(17)19-4/h6-10H,5H2,1-4H3/b13-10+,16-11-. The molecule has 0 aliphatic rings. The van der Waals surface area contributed by atoms with Gasteiger partial charge in [-0.15, -0.1) is 0 Å². The molecule has 0 bridgehead atoms. The van der Waals surface area contributed by atoms with Crippen LogP contribution in [-0.4, -0.2) is 32.7 Å². The number of methoxy groups -OCH3 is 2. The van der Waals surface area contributed by atoms with Crippen molar-refractivity contribution in [3.8, 4) is 5.75 Å². The van der Waals surface area contributed by atoms with Crippen LogP contribution in [0.25, 0.3) is 5.57 Å². The maximum absolute atomic E-state index is 11.8. The lowest BCUT2D eigenvalue weighted by molar-refractivity contribution is -0.133. The van der Waals surface area contributed by atoms with E-state index in [4.69, 9.17) is 19.0 Å². The molecule has 6 nitrogen and oxygen atoms in total. The van der Waals surface area contributed by atoms with Crippen molar-refractivity contribution in [2.45, 2.75) is 13.8 Å². The van der Waals surface area contributed by atoms with Crippen molar-refractivity contribution in [3.05, 3.63) is 36.1 Å². The molecular formula is C15H19NO5. The Hall–Kier alpha value is -2.50. The number of carbonyl (C=O) groups is 1. The van der Waals surface area contributed by atoms with Gasteiger partial charge in [0, 0.05) is 12.5 Å². The first-order valence-electron chi connectivity index (χ1n) is 6.39. The summed E-state index contributed by atoms with van der Waals surface area (Å²) in [6.45, 7) is 4.03. The number of benzene rings is 1. The van der Waals surface area contributed by atoms with Crippen molar-refractivity contribution >= 4 is 17.4 Å². The van der Waals surface area contributed by atoms with Gasteiger partial charge < -0.3 is 19.0 Å². The Morgan fingerprint density at radius 3 is 2.62 bits per heavy atom. The fraction of sp³-hybridized carbons (Fsp3) is 0.333. The number of para-hydroxylation sites is 1. The minimum Gasteiger partial charge on any atom is -0.503 e.